The molecule has 0 aliphatic carbocycles. The van der Waals surface area contributed by atoms with Gasteiger partial charge in [-0.25, -0.2) is 0 Å². The highest BCUT2D eigenvalue weighted by atomic mass is 16.2. The van der Waals surface area contributed by atoms with Crippen molar-refractivity contribution < 1.29 is 14.4 Å². The Morgan fingerprint density at radius 2 is 1.95 bits per heavy atom. The second kappa shape index (κ2) is 7.70. The lowest BCUT2D eigenvalue weighted by molar-refractivity contribution is -0.120. The number of hydrogen-bond donors (Lipinski definition) is 1. The molecule has 6 heteroatoms. The van der Waals surface area contributed by atoms with Crippen molar-refractivity contribution in [2.45, 2.75) is 13.3 Å². The fourth-order valence-corrected chi connectivity index (χ4v) is 2.39. The molecule has 0 aromatic heterocycles. The van der Waals surface area contributed by atoms with E-state index >= 15 is 0 Å². The Balaban J connectivity index is 1.77. The van der Waals surface area contributed by atoms with Crippen molar-refractivity contribution in [3.05, 3.63) is 29.8 Å². The Morgan fingerprint density at radius 1 is 1.23 bits per heavy atom. The van der Waals surface area contributed by atoms with Crippen LogP contribution < -0.4 is 5.32 Å². The first-order chi connectivity index (χ1) is 10.6. The van der Waals surface area contributed by atoms with Crippen LogP contribution in [-0.2, 0) is 9.59 Å². The van der Waals surface area contributed by atoms with E-state index in [1.807, 2.05) is 0 Å². The molecule has 0 spiro atoms. The SMILES string of the molecule is CC(=O)c1cccc(NC(=O)CCN2CCN(C=O)CC2)c1. The number of carbonyl (C=O) groups is 3. The second-order valence-electron chi connectivity index (χ2n) is 5.42. The normalized spacial score (nSPS) is 15.4. The van der Waals surface area contributed by atoms with Crippen molar-refractivity contribution in [1.29, 1.82) is 0 Å². The molecule has 0 radical (unpaired) electrons. The van der Waals surface area contributed by atoms with Crippen molar-refractivity contribution in [3.8, 4) is 0 Å². The van der Waals surface area contributed by atoms with Crippen molar-refractivity contribution in [3.63, 3.8) is 0 Å². The number of hydrogen-bond acceptors (Lipinski definition) is 4. The molecule has 1 aliphatic heterocycles. The number of anilines is 1. The van der Waals surface area contributed by atoms with Gasteiger partial charge in [0.25, 0.3) is 0 Å². The van der Waals surface area contributed by atoms with Crippen LogP contribution in [-0.4, -0.2) is 60.6 Å². The van der Waals surface area contributed by atoms with Crippen LogP contribution >= 0.6 is 0 Å². The van der Waals surface area contributed by atoms with Crippen molar-refractivity contribution >= 4 is 23.8 Å². The number of nitrogens with one attached hydrogen (secondary N) is 1. The number of carbonyl (C=O) groups excluding carboxylic acids is 3. The summed E-state index contributed by atoms with van der Waals surface area (Å²) in [5, 5.41) is 2.81. The molecular weight excluding hydrogens is 282 g/mol. The summed E-state index contributed by atoms with van der Waals surface area (Å²) in [5.41, 5.74) is 1.23. The third-order valence-electron chi connectivity index (χ3n) is 3.76. The van der Waals surface area contributed by atoms with Crippen LogP contribution in [0, 0.1) is 0 Å². The Kier molecular flexibility index (Phi) is 5.66. The van der Waals surface area contributed by atoms with Crippen LogP contribution in [0.3, 0.4) is 0 Å². The van der Waals surface area contributed by atoms with Gasteiger partial charge in [0, 0.05) is 50.4 Å². The van der Waals surface area contributed by atoms with Crippen LogP contribution in [0.15, 0.2) is 24.3 Å². The van der Waals surface area contributed by atoms with Gasteiger partial charge in [-0.1, -0.05) is 12.1 Å². The van der Waals surface area contributed by atoms with Crippen LogP contribution in [0.25, 0.3) is 0 Å². The summed E-state index contributed by atoms with van der Waals surface area (Å²) in [6.45, 7) is 5.19. The molecule has 1 heterocycles. The van der Waals surface area contributed by atoms with E-state index in [0.29, 0.717) is 37.3 Å². The zero-order valence-electron chi connectivity index (χ0n) is 12.7. The van der Waals surface area contributed by atoms with Gasteiger partial charge in [0.15, 0.2) is 5.78 Å². The third-order valence-corrected chi connectivity index (χ3v) is 3.76. The molecule has 6 nitrogen and oxygen atoms in total. The molecule has 0 bridgehead atoms. The molecule has 1 aliphatic rings. The molecule has 118 valence electrons. The lowest BCUT2D eigenvalue weighted by Gasteiger charge is -2.32. The van der Waals surface area contributed by atoms with E-state index in [9.17, 15) is 14.4 Å². The standard InChI is InChI=1S/C16H21N3O3/c1-13(21)14-3-2-4-15(11-14)17-16(22)5-6-18-7-9-19(12-20)10-8-18/h2-4,11-12H,5-10H2,1H3,(H,17,22). The Hall–Kier alpha value is -2.21. The van der Waals surface area contributed by atoms with Crippen LogP contribution in [0.2, 0.25) is 0 Å². The summed E-state index contributed by atoms with van der Waals surface area (Å²) in [6, 6.07) is 6.94. The quantitative estimate of drug-likeness (QED) is 0.628. The topological polar surface area (TPSA) is 69.7 Å². The van der Waals surface area contributed by atoms with Crippen molar-refractivity contribution in [1.82, 2.24) is 9.80 Å². The Labute approximate surface area is 130 Å². The molecule has 2 rings (SSSR count). The summed E-state index contributed by atoms with van der Waals surface area (Å²) >= 11 is 0. The fourth-order valence-electron chi connectivity index (χ4n) is 2.39. The van der Waals surface area contributed by atoms with Crippen LogP contribution in [0.5, 0.6) is 0 Å². The van der Waals surface area contributed by atoms with Crippen molar-refractivity contribution in [2.24, 2.45) is 0 Å². The lowest BCUT2D eigenvalue weighted by atomic mass is 10.1. The van der Waals surface area contributed by atoms with Gasteiger partial charge < -0.3 is 10.2 Å². The van der Waals surface area contributed by atoms with E-state index in [1.54, 1.807) is 29.2 Å². The van der Waals surface area contributed by atoms with Gasteiger partial charge >= 0.3 is 0 Å². The maximum atomic E-state index is 12.0. The number of rotatable bonds is 6. The first kappa shape index (κ1) is 16.2. The van der Waals surface area contributed by atoms with Gasteiger partial charge in [-0.3, -0.25) is 19.3 Å². The number of benzene rings is 1. The molecule has 1 aromatic carbocycles. The summed E-state index contributed by atoms with van der Waals surface area (Å²) in [6.07, 6.45) is 1.26. The molecular formula is C16H21N3O3. The van der Waals surface area contributed by atoms with E-state index in [-0.39, 0.29) is 11.7 Å². The van der Waals surface area contributed by atoms with Gasteiger partial charge in [0.05, 0.1) is 0 Å². The Morgan fingerprint density at radius 3 is 2.59 bits per heavy atom. The highest BCUT2D eigenvalue weighted by Crippen LogP contribution is 2.11. The minimum atomic E-state index is -0.0708. The summed E-state index contributed by atoms with van der Waals surface area (Å²) in [4.78, 5) is 37.8. The van der Waals surface area contributed by atoms with E-state index < -0.39 is 0 Å². The molecule has 0 unspecified atom stereocenters. The van der Waals surface area contributed by atoms with Crippen LogP contribution in [0.1, 0.15) is 23.7 Å². The third kappa shape index (κ3) is 4.66. The number of piperazine rings is 1. The number of nitrogens with zero attached hydrogens (tertiary/aromatic N) is 2. The van der Waals surface area contributed by atoms with Gasteiger partial charge in [0.2, 0.25) is 12.3 Å². The molecule has 22 heavy (non-hydrogen) atoms. The predicted molar refractivity (Wildman–Crippen MR) is 83.8 cm³/mol. The average Bonchev–Trinajstić information content (AvgIpc) is 2.53. The average molecular weight is 303 g/mol. The highest BCUT2D eigenvalue weighted by Gasteiger charge is 2.16. The maximum absolute atomic E-state index is 12.0. The zero-order valence-corrected chi connectivity index (χ0v) is 12.7. The first-order valence-electron chi connectivity index (χ1n) is 7.41. The number of ketones is 1. The first-order valence-corrected chi connectivity index (χ1v) is 7.41. The Bertz CT molecular complexity index is 551. The molecule has 0 atom stereocenters. The molecule has 1 N–H and O–H groups in total. The molecule has 1 fully saturated rings. The lowest BCUT2D eigenvalue weighted by Crippen LogP contribution is -2.46. The van der Waals surface area contributed by atoms with E-state index in [1.165, 1.54) is 6.92 Å². The summed E-state index contributed by atoms with van der Waals surface area (Å²) in [7, 11) is 0. The predicted octanol–water partition coefficient (Wildman–Crippen LogP) is 0.992. The van der Waals surface area contributed by atoms with Gasteiger partial charge in [0.1, 0.15) is 0 Å². The minimum Gasteiger partial charge on any atom is -0.343 e. The van der Waals surface area contributed by atoms with E-state index in [2.05, 4.69) is 10.2 Å². The largest absolute Gasteiger partial charge is 0.343 e. The molecule has 0 saturated carbocycles. The molecule has 1 aromatic rings. The van der Waals surface area contributed by atoms with Crippen LogP contribution in [0.4, 0.5) is 5.69 Å². The smallest absolute Gasteiger partial charge is 0.225 e. The minimum absolute atomic E-state index is 0.0239. The number of Topliss-reactive ketones (excluding diaryl/α,β-unsaturated/α-hetero) is 1. The molecule has 2 amide bonds. The maximum Gasteiger partial charge on any atom is 0.225 e. The van der Waals surface area contributed by atoms with E-state index in [0.717, 1.165) is 19.5 Å². The van der Waals surface area contributed by atoms with Gasteiger partial charge in [-0.15, -0.1) is 0 Å². The van der Waals surface area contributed by atoms with Gasteiger partial charge in [-0.05, 0) is 19.1 Å². The summed E-state index contributed by atoms with van der Waals surface area (Å²) in [5.74, 6) is -0.0948. The monoisotopic (exact) mass is 303 g/mol. The summed E-state index contributed by atoms with van der Waals surface area (Å²) < 4.78 is 0. The second-order valence-corrected chi connectivity index (χ2v) is 5.42. The molecule has 1 saturated heterocycles. The van der Waals surface area contributed by atoms with Crippen molar-refractivity contribution in [2.75, 3.05) is 38.0 Å². The number of amides is 2. The zero-order chi connectivity index (χ0) is 15.9. The highest BCUT2D eigenvalue weighted by molar-refractivity contribution is 5.97. The fraction of sp³-hybridized carbons (Fsp3) is 0.438. The van der Waals surface area contributed by atoms with Gasteiger partial charge in [-0.2, -0.15) is 0 Å². The van der Waals surface area contributed by atoms with E-state index in [4.69, 9.17) is 0 Å².